The summed E-state index contributed by atoms with van der Waals surface area (Å²) >= 11 is 0. The molecule has 0 N–H and O–H groups in total. The molecular formula is C15H23NO3. The van der Waals surface area contributed by atoms with Crippen LogP contribution < -0.4 is 0 Å². The van der Waals surface area contributed by atoms with Crippen molar-refractivity contribution in [2.24, 2.45) is 5.16 Å². The fourth-order valence-corrected chi connectivity index (χ4v) is 2.04. The molecule has 106 valence electrons. The van der Waals surface area contributed by atoms with Gasteiger partial charge in [-0.1, -0.05) is 37.1 Å². The molecular weight excluding hydrogens is 242 g/mol. The number of esters is 1. The lowest BCUT2D eigenvalue weighted by molar-refractivity contribution is -0.138. The largest absolute Gasteiger partial charge is 0.462 e. The van der Waals surface area contributed by atoms with Gasteiger partial charge in [-0.05, 0) is 26.2 Å². The first kappa shape index (κ1) is 15.5. The third-order valence-electron chi connectivity index (χ3n) is 2.93. The number of unbranched alkanes of at least 4 members (excludes halogenated alkanes) is 2. The highest BCUT2D eigenvalue weighted by molar-refractivity contribution is 6.13. The van der Waals surface area contributed by atoms with Crippen LogP contribution in [0.15, 0.2) is 28.5 Å². The third kappa shape index (κ3) is 4.54. The zero-order chi connectivity index (χ0) is 14.1. The Bertz CT molecular complexity index is 394. The maximum absolute atomic E-state index is 12.0. The summed E-state index contributed by atoms with van der Waals surface area (Å²) in [7, 11) is 1.52. The second kappa shape index (κ2) is 8.51. The van der Waals surface area contributed by atoms with E-state index in [2.05, 4.69) is 12.1 Å². The van der Waals surface area contributed by atoms with Crippen LogP contribution in [0, 0.1) is 0 Å². The van der Waals surface area contributed by atoms with Crippen LogP contribution in [0.3, 0.4) is 0 Å². The number of hydrogen-bond acceptors (Lipinski definition) is 4. The SMILES string of the molecule is CCCCC=C(C(=O)OCC)C1=CCCC1=NOC. The Kier molecular flexibility index (Phi) is 6.93. The van der Waals surface area contributed by atoms with Gasteiger partial charge in [-0.2, -0.15) is 0 Å². The molecule has 0 aromatic carbocycles. The lowest BCUT2D eigenvalue weighted by Crippen LogP contribution is -2.13. The molecule has 0 saturated carbocycles. The second-order valence-electron chi connectivity index (χ2n) is 4.36. The predicted octanol–water partition coefficient (Wildman–Crippen LogP) is 3.39. The Balaban J connectivity index is 2.92. The summed E-state index contributed by atoms with van der Waals surface area (Å²) < 4.78 is 5.13. The van der Waals surface area contributed by atoms with Gasteiger partial charge in [0.05, 0.1) is 17.9 Å². The summed E-state index contributed by atoms with van der Waals surface area (Å²) in [5.74, 6) is -0.268. The van der Waals surface area contributed by atoms with E-state index >= 15 is 0 Å². The Morgan fingerprint density at radius 1 is 1.47 bits per heavy atom. The molecule has 0 bridgehead atoms. The van der Waals surface area contributed by atoms with Gasteiger partial charge in [-0.25, -0.2) is 4.79 Å². The minimum atomic E-state index is -0.268. The van der Waals surface area contributed by atoms with E-state index in [0.29, 0.717) is 12.2 Å². The summed E-state index contributed by atoms with van der Waals surface area (Å²) in [6.07, 6.45) is 8.74. The average Bonchev–Trinajstić information content (AvgIpc) is 2.83. The van der Waals surface area contributed by atoms with Crippen LogP contribution in [0.1, 0.15) is 46.0 Å². The summed E-state index contributed by atoms with van der Waals surface area (Å²) in [6, 6.07) is 0. The molecule has 19 heavy (non-hydrogen) atoms. The van der Waals surface area contributed by atoms with E-state index in [1.165, 1.54) is 7.11 Å². The lowest BCUT2D eigenvalue weighted by Gasteiger charge is -2.09. The summed E-state index contributed by atoms with van der Waals surface area (Å²) in [5.41, 5.74) is 2.33. The molecule has 0 fully saturated rings. The standard InChI is InChI=1S/C15H23NO3/c1-4-6-7-9-13(15(17)19-5-2)12-10-8-11-14(12)16-18-3/h9-10H,4-8,11H2,1-3H3. The van der Waals surface area contributed by atoms with Crippen molar-refractivity contribution in [2.75, 3.05) is 13.7 Å². The maximum atomic E-state index is 12.0. The van der Waals surface area contributed by atoms with Crippen molar-refractivity contribution in [1.82, 2.24) is 0 Å². The monoisotopic (exact) mass is 265 g/mol. The first-order valence-electron chi connectivity index (χ1n) is 6.92. The normalized spacial score (nSPS) is 17.5. The number of rotatable bonds is 7. The molecule has 1 aliphatic rings. The molecule has 0 amide bonds. The zero-order valence-electron chi connectivity index (χ0n) is 12.1. The molecule has 0 spiro atoms. The number of nitrogens with zero attached hydrogens (tertiary/aromatic N) is 1. The molecule has 0 unspecified atom stereocenters. The van der Waals surface area contributed by atoms with E-state index < -0.39 is 0 Å². The number of oxime groups is 1. The molecule has 0 saturated heterocycles. The van der Waals surface area contributed by atoms with Gasteiger partial charge >= 0.3 is 5.97 Å². The molecule has 1 rings (SSSR count). The fourth-order valence-electron chi connectivity index (χ4n) is 2.04. The van der Waals surface area contributed by atoms with Crippen molar-refractivity contribution in [3.63, 3.8) is 0 Å². The quantitative estimate of drug-likeness (QED) is 0.307. The van der Waals surface area contributed by atoms with Gasteiger partial charge in [0.1, 0.15) is 7.11 Å². The second-order valence-corrected chi connectivity index (χ2v) is 4.36. The highest BCUT2D eigenvalue weighted by Crippen LogP contribution is 2.25. The highest BCUT2D eigenvalue weighted by atomic mass is 16.6. The smallest absolute Gasteiger partial charge is 0.338 e. The number of carbonyl (C=O) groups is 1. The Labute approximate surface area is 115 Å². The molecule has 4 nitrogen and oxygen atoms in total. The van der Waals surface area contributed by atoms with E-state index in [4.69, 9.17) is 9.57 Å². The van der Waals surface area contributed by atoms with Crippen molar-refractivity contribution in [1.29, 1.82) is 0 Å². The van der Waals surface area contributed by atoms with Crippen molar-refractivity contribution in [3.05, 3.63) is 23.3 Å². The molecule has 0 radical (unpaired) electrons. The number of carbonyl (C=O) groups excluding carboxylic acids is 1. The lowest BCUT2D eigenvalue weighted by atomic mass is 10.0. The Morgan fingerprint density at radius 2 is 2.26 bits per heavy atom. The number of ether oxygens (including phenoxy) is 1. The predicted molar refractivity (Wildman–Crippen MR) is 76.0 cm³/mol. The van der Waals surface area contributed by atoms with Gasteiger partial charge in [-0.15, -0.1) is 0 Å². The minimum absolute atomic E-state index is 0.268. The first-order chi connectivity index (χ1) is 9.24. The van der Waals surface area contributed by atoms with Crippen LogP contribution in [0.25, 0.3) is 0 Å². The molecule has 0 aromatic heterocycles. The van der Waals surface area contributed by atoms with Crippen LogP contribution in [0.2, 0.25) is 0 Å². The van der Waals surface area contributed by atoms with Gasteiger partial charge < -0.3 is 9.57 Å². The average molecular weight is 265 g/mol. The molecule has 4 heteroatoms. The van der Waals surface area contributed by atoms with Gasteiger partial charge in [0.2, 0.25) is 0 Å². The van der Waals surface area contributed by atoms with Gasteiger partial charge in [-0.3, -0.25) is 0 Å². The highest BCUT2D eigenvalue weighted by Gasteiger charge is 2.23. The van der Waals surface area contributed by atoms with Crippen LogP contribution in [0.4, 0.5) is 0 Å². The fraction of sp³-hybridized carbons (Fsp3) is 0.600. The molecule has 0 heterocycles. The van der Waals surface area contributed by atoms with Crippen molar-refractivity contribution >= 4 is 11.7 Å². The first-order valence-corrected chi connectivity index (χ1v) is 6.92. The molecule has 1 aliphatic carbocycles. The minimum Gasteiger partial charge on any atom is -0.462 e. The molecule has 0 aliphatic heterocycles. The van der Waals surface area contributed by atoms with E-state index in [-0.39, 0.29) is 5.97 Å². The van der Waals surface area contributed by atoms with Crippen LogP contribution >= 0.6 is 0 Å². The summed E-state index contributed by atoms with van der Waals surface area (Å²) in [5, 5.41) is 4.00. The van der Waals surface area contributed by atoms with Crippen LogP contribution in [-0.4, -0.2) is 25.4 Å². The molecule has 0 atom stereocenters. The molecule has 0 aromatic rings. The van der Waals surface area contributed by atoms with Crippen molar-refractivity contribution in [3.8, 4) is 0 Å². The van der Waals surface area contributed by atoms with E-state index in [9.17, 15) is 4.79 Å². The maximum Gasteiger partial charge on any atom is 0.338 e. The van der Waals surface area contributed by atoms with E-state index in [0.717, 1.165) is 43.4 Å². The Morgan fingerprint density at radius 3 is 2.89 bits per heavy atom. The van der Waals surface area contributed by atoms with Crippen LogP contribution in [-0.2, 0) is 14.4 Å². The van der Waals surface area contributed by atoms with E-state index in [1.807, 2.05) is 19.1 Å². The topological polar surface area (TPSA) is 47.9 Å². The van der Waals surface area contributed by atoms with Gasteiger partial charge in [0, 0.05) is 5.57 Å². The zero-order valence-corrected chi connectivity index (χ0v) is 12.1. The summed E-state index contributed by atoms with van der Waals surface area (Å²) in [4.78, 5) is 16.9. The third-order valence-corrected chi connectivity index (χ3v) is 2.93. The Hall–Kier alpha value is -1.58. The summed E-state index contributed by atoms with van der Waals surface area (Å²) in [6.45, 7) is 4.33. The van der Waals surface area contributed by atoms with Gasteiger partial charge in [0.15, 0.2) is 0 Å². The van der Waals surface area contributed by atoms with Crippen molar-refractivity contribution < 1.29 is 14.4 Å². The number of hydrogen-bond donors (Lipinski definition) is 0. The van der Waals surface area contributed by atoms with Crippen LogP contribution in [0.5, 0.6) is 0 Å². The van der Waals surface area contributed by atoms with E-state index in [1.54, 1.807) is 0 Å². The van der Waals surface area contributed by atoms with Crippen molar-refractivity contribution in [2.45, 2.75) is 46.0 Å². The van der Waals surface area contributed by atoms with Gasteiger partial charge in [0.25, 0.3) is 0 Å². The number of allylic oxidation sites excluding steroid dienone is 2.